The number of piperidine rings is 1. The molecule has 0 saturated carbocycles. The second-order valence-electron chi connectivity index (χ2n) is 9.52. The Kier molecular flexibility index (Phi) is 6.70. The lowest BCUT2D eigenvalue weighted by Crippen LogP contribution is -2.52. The summed E-state index contributed by atoms with van der Waals surface area (Å²) in [7, 11) is -3.49. The van der Waals surface area contributed by atoms with Gasteiger partial charge in [-0.15, -0.1) is 0 Å². The third-order valence-electron chi connectivity index (χ3n) is 6.18. The molecule has 2 fully saturated rings. The van der Waals surface area contributed by atoms with E-state index in [2.05, 4.69) is 32.6 Å². The topological polar surface area (TPSA) is 60.9 Å². The summed E-state index contributed by atoms with van der Waals surface area (Å²) in [4.78, 5) is 16.9. The van der Waals surface area contributed by atoms with Crippen LogP contribution in [0.3, 0.4) is 0 Å². The summed E-state index contributed by atoms with van der Waals surface area (Å²) >= 11 is 0. The van der Waals surface area contributed by atoms with Crippen LogP contribution >= 0.6 is 0 Å². The zero-order valence-corrected chi connectivity index (χ0v) is 19.0. The Balaban J connectivity index is 1.55. The number of carbonyl (C=O) groups is 1. The van der Waals surface area contributed by atoms with Gasteiger partial charge in [-0.25, -0.2) is 8.42 Å². The Hall–Kier alpha value is -1.44. The van der Waals surface area contributed by atoms with E-state index in [0.29, 0.717) is 43.5 Å². The highest BCUT2D eigenvalue weighted by Crippen LogP contribution is 2.25. The first kappa shape index (κ1) is 22.2. The Bertz CT molecular complexity index is 799. The molecule has 6 nitrogen and oxygen atoms in total. The molecule has 2 aliphatic rings. The van der Waals surface area contributed by atoms with Gasteiger partial charge in [-0.2, -0.15) is 4.31 Å². The molecular weight excluding hydrogens is 386 g/mol. The molecule has 0 radical (unpaired) electrons. The summed E-state index contributed by atoms with van der Waals surface area (Å²) in [5, 5.41) is 0. The van der Waals surface area contributed by atoms with Crippen LogP contribution in [-0.2, 0) is 20.2 Å². The molecule has 1 aromatic rings. The van der Waals surface area contributed by atoms with Crippen molar-refractivity contribution in [1.82, 2.24) is 14.1 Å². The van der Waals surface area contributed by atoms with Crippen LogP contribution in [0, 0.1) is 5.92 Å². The molecule has 0 atom stereocenters. The normalized spacial score (nSPS) is 20.8. The first-order chi connectivity index (χ1) is 13.6. The van der Waals surface area contributed by atoms with Gasteiger partial charge in [0.2, 0.25) is 15.9 Å². The number of carbonyl (C=O) groups excluding carboxylic acids is 1. The van der Waals surface area contributed by atoms with E-state index < -0.39 is 10.0 Å². The summed E-state index contributed by atoms with van der Waals surface area (Å²) in [5.41, 5.74) is 1.11. The predicted molar refractivity (Wildman–Crippen MR) is 115 cm³/mol. The van der Waals surface area contributed by atoms with Crippen molar-refractivity contribution in [1.29, 1.82) is 0 Å². The molecule has 0 unspecified atom stereocenters. The number of sulfonamides is 1. The smallest absolute Gasteiger partial charge is 0.243 e. The van der Waals surface area contributed by atoms with Gasteiger partial charge < -0.3 is 4.90 Å². The van der Waals surface area contributed by atoms with E-state index >= 15 is 0 Å². The summed E-state index contributed by atoms with van der Waals surface area (Å²) < 4.78 is 27.5. The highest BCUT2D eigenvalue weighted by atomic mass is 32.2. The van der Waals surface area contributed by atoms with Crippen molar-refractivity contribution in [2.75, 3.05) is 45.8 Å². The van der Waals surface area contributed by atoms with E-state index in [4.69, 9.17) is 0 Å². The van der Waals surface area contributed by atoms with E-state index in [1.807, 2.05) is 17.0 Å². The van der Waals surface area contributed by atoms with Gasteiger partial charge in [-0.05, 0) is 41.9 Å². The minimum atomic E-state index is -3.49. The molecule has 0 aromatic heterocycles. The summed E-state index contributed by atoms with van der Waals surface area (Å²) in [6.45, 7) is 12.7. The highest BCUT2D eigenvalue weighted by molar-refractivity contribution is 7.89. The van der Waals surface area contributed by atoms with Crippen LogP contribution in [0.4, 0.5) is 0 Å². The van der Waals surface area contributed by atoms with Crippen molar-refractivity contribution in [2.45, 2.75) is 50.8 Å². The molecule has 2 aliphatic heterocycles. The number of amides is 1. The Morgan fingerprint density at radius 1 is 0.966 bits per heavy atom. The molecular formula is C22H35N3O3S. The molecule has 3 rings (SSSR count). The lowest BCUT2D eigenvalue weighted by Gasteiger charge is -2.36. The minimum absolute atomic E-state index is 0.00709. The Morgan fingerprint density at radius 2 is 1.52 bits per heavy atom. The third kappa shape index (κ3) is 5.38. The highest BCUT2D eigenvalue weighted by Gasteiger charge is 2.30. The first-order valence-corrected chi connectivity index (χ1v) is 12.1. The molecule has 2 heterocycles. The Morgan fingerprint density at radius 3 is 2.03 bits per heavy atom. The van der Waals surface area contributed by atoms with Crippen LogP contribution in [0.1, 0.15) is 46.1 Å². The van der Waals surface area contributed by atoms with E-state index in [1.54, 1.807) is 16.4 Å². The standard InChI is InChI=1S/C22H35N3O3S/c1-18-9-11-24(12-10-18)21(26)17-23-13-15-25(16-14-23)29(27,28)20-7-5-19(6-8-20)22(2,3)4/h5-8,18H,9-17H2,1-4H3. The van der Waals surface area contributed by atoms with Crippen LogP contribution in [-0.4, -0.2) is 74.2 Å². The number of nitrogens with zero attached hydrogens (tertiary/aromatic N) is 3. The van der Waals surface area contributed by atoms with Gasteiger partial charge in [-0.1, -0.05) is 39.8 Å². The number of hydrogen-bond acceptors (Lipinski definition) is 4. The van der Waals surface area contributed by atoms with Crippen LogP contribution in [0.15, 0.2) is 29.2 Å². The quantitative estimate of drug-likeness (QED) is 0.750. The van der Waals surface area contributed by atoms with Crippen molar-refractivity contribution < 1.29 is 13.2 Å². The van der Waals surface area contributed by atoms with Crippen molar-refractivity contribution in [3.63, 3.8) is 0 Å². The monoisotopic (exact) mass is 421 g/mol. The largest absolute Gasteiger partial charge is 0.342 e. The number of rotatable bonds is 4. The molecule has 0 N–H and O–H groups in total. The minimum Gasteiger partial charge on any atom is -0.342 e. The van der Waals surface area contributed by atoms with Gasteiger partial charge in [0, 0.05) is 39.3 Å². The zero-order chi connectivity index (χ0) is 21.2. The van der Waals surface area contributed by atoms with E-state index in [9.17, 15) is 13.2 Å². The maximum atomic E-state index is 13.0. The fraction of sp³-hybridized carbons (Fsp3) is 0.682. The lowest BCUT2D eigenvalue weighted by molar-refractivity contribution is -0.134. The lowest BCUT2D eigenvalue weighted by atomic mass is 9.87. The maximum Gasteiger partial charge on any atom is 0.243 e. The van der Waals surface area contributed by atoms with E-state index in [1.165, 1.54) is 0 Å². The first-order valence-electron chi connectivity index (χ1n) is 10.7. The molecule has 0 bridgehead atoms. The average molecular weight is 422 g/mol. The zero-order valence-electron chi connectivity index (χ0n) is 18.2. The SMILES string of the molecule is CC1CCN(C(=O)CN2CCN(S(=O)(=O)c3ccc(C(C)(C)C)cc3)CC2)CC1. The molecule has 0 spiro atoms. The van der Waals surface area contributed by atoms with E-state index in [0.717, 1.165) is 31.5 Å². The molecule has 1 aromatic carbocycles. The van der Waals surface area contributed by atoms with Crippen molar-refractivity contribution in [3.8, 4) is 0 Å². The molecule has 7 heteroatoms. The van der Waals surface area contributed by atoms with E-state index in [-0.39, 0.29) is 11.3 Å². The van der Waals surface area contributed by atoms with Crippen molar-refractivity contribution >= 4 is 15.9 Å². The predicted octanol–water partition coefficient (Wildman–Crippen LogP) is 2.55. The molecule has 1 amide bonds. The summed E-state index contributed by atoms with van der Waals surface area (Å²) in [6.07, 6.45) is 2.15. The van der Waals surface area contributed by atoms with Crippen LogP contribution in [0.25, 0.3) is 0 Å². The van der Waals surface area contributed by atoms with Crippen LogP contribution in [0.2, 0.25) is 0 Å². The number of hydrogen-bond donors (Lipinski definition) is 0. The third-order valence-corrected chi connectivity index (χ3v) is 8.10. The van der Waals surface area contributed by atoms with Crippen molar-refractivity contribution in [3.05, 3.63) is 29.8 Å². The summed E-state index contributed by atoms with van der Waals surface area (Å²) in [6, 6.07) is 7.23. The van der Waals surface area contributed by atoms with Crippen molar-refractivity contribution in [2.24, 2.45) is 5.92 Å². The Labute approximate surface area is 175 Å². The van der Waals surface area contributed by atoms with Crippen LogP contribution in [0.5, 0.6) is 0 Å². The average Bonchev–Trinajstić information content (AvgIpc) is 2.68. The summed E-state index contributed by atoms with van der Waals surface area (Å²) in [5.74, 6) is 0.872. The van der Waals surface area contributed by atoms with Gasteiger partial charge in [0.05, 0.1) is 11.4 Å². The molecule has 29 heavy (non-hydrogen) atoms. The fourth-order valence-electron chi connectivity index (χ4n) is 3.95. The van der Waals surface area contributed by atoms with Gasteiger partial charge >= 0.3 is 0 Å². The van der Waals surface area contributed by atoms with Gasteiger partial charge in [-0.3, -0.25) is 9.69 Å². The molecule has 0 aliphatic carbocycles. The van der Waals surface area contributed by atoms with Crippen LogP contribution < -0.4 is 0 Å². The maximum absolute atomic E-state index is 13.0. The fourth-order valence-corrected chi connectivity index (χ4v) is 5.38. The molecule has 2 saturated heterocycles. The van der Waals surface area contributed by atoms with Gasteiger partial charge in [0.1, 0.15) is 0 Å². The number of piperazine rings is 1. The molecule has 162 valence electrons. The van der Waals surface area contributed by atoms with Gasteiger partial charge in [0.25, 0.3) is 0 Å². The number of likely N-dealkylation sites (tertiary alicyclic amines) is 1. The van der Waals surface area contributed by atoms with Gasteiger partial charge in [0.15, 0.2) is 0 Å². The second-order valence-corrected chi connectivity index (χ2v) is 11.5. The number of benzene rings is 1. The second kappa shape index (κ2) is 8.74.